The summed E-state index contributed by atoms with van der Waals surface area (Å²) < 4.78 is 38.5. The molecule has 3 aromatic rings. The van der Waals surface area contributed by atoms with Gasteiger partial charge in [0.05, 0.1) is 22.5 Å². The Balaban J connectivity index is 1.32. The van der Waals surface area contributed by atoms with Crippen molar-refractivity contribution in [2.24, 2.45) is 5.92 Å². The number of rotatable bonds is 4. The number of piperidine rings is 1. The smallest absolute Gasteiger partial charge is 0.356 e. The van der Waals surface area contributed by atoms with E-state index in [1.54, 1.807) is 17.4 Å². The highest BCUT2D eigenvalue weighted by molar-refractivity contribution is 7.18. The van der Waals surface area contributed by atoms with E-state index in [1.165, 1.54) is 6.33 Å². The molecule has 2 atom stereocenters. The molecule has 1 unspecified atom stereocenters. The van der Waals surface area contributed by atoms with Crippen LogP contribution in [0.2, 0.25) is 0 Å². The number of aromatic nitrogens is 3. The largest absolute Gasteiger partial charge is 0.393 e. The molecule has 30 heavy (non-hydrogen) atoms. The fraction of sp³-hybridized carbons (Fsp3) is 0.550. The average Bonchev–Trinajstić information content (AvgIpc) is 3.38. The number of hydrogen-bond acceptors (Lipinski definition) is 7. The molecule has 2 aliphatic heterocycles. The number of fused-ring (bicyclic) bond motifs is 2. The van der Waals surface area contributed by atoms with Gasteiger partial charge in [-0.2, -0.15) is 13.2 Å². The molecule has 5 nitrogen and oxygen atoms in total. The monoisotopic (exact) mass is 453 g/mol. The van der Waals surface area contributed by atoms with E-state index >= 15 is 0 Å². The van der Waals surface area contributed by atoms with E-state index in [2.05, 4.69) is 30.1 Å². The lowest BCUT2D eigenvalue weighted by atomic mass is 9.92. The molecule has 2 saturated heterocycles. The molecule has 0 N–H and O–H groups in total. The molecule has 0 bridgehead atoms. The van der Waals surface area contributed by atoms with Gasteiger partial charge in [-0.25, -0.2) is 15.0 Å². The van der Waals surface area contributed by atoms with E-state index in [4.69, 9.17) is 0 Å². The normalized spacial score (nSPS) is 22.7. The first-order valence-electron chi connectivity index (χ1n) is 10.1. The Labute approximate surface area is 180 Å². The first-order chi connectivity index (χ1) is 14.4. The number of anilines is 1. The summed E-state index contributed by atoms with van der Waals surface area (Å²) in [5.74, 6) is 1.31. The van der Waals surface area contributed by atoms with Crippen molar-refractivity contribution in [2.45, 2.75) is 44.9 Å². The van der Waals surface area contributed by atoms with Gasteiger partial charge in [-0.1, -0.05) is 0 Å². The molecule has 10 heteroatoms. The van der Waals surface area contributed by atoms with Crippen molar-refractivity contribution in [3.63, 3.8) is 0 Å². The summed E-state index contributed by atoms with van der Waals surface area (Å²) in [6, 6.07) is 2.16. The lowest BCUT2D eigenvalue weighted by Crippen LogP contribution is -2.46. The van der Waals surface area contributed by atoms with Crippen LogP contribution in [0, 0.1) is 12.8 Å². The van der Waals surface area contributed by atoms with E-state index in [-0.39, 0.29) is 0 Å². The molecule has 3 aromatic heterocycles. The molecular formula is C20H22F3N5S2. The zero-order valence-corrected chi connectivity index (χ0v) is 18.2. The first kappa shape index (κ1) is 20.1. The predicted molar refractivity (Wildman–Crippen MR) is 113 cm³/mol. The molecule has 0 aromatic carbocycles. The highest BCUT2D eigenvalue weighted by Gasteiger charge is 2.39. The van der Waals surface area contributed by atoms with Gasteiger partial charge in [0, 0.05) is 35.9 Å². The maximum absolute atomic E-state index is 12.8. The number of nitrogens with zero attached hydrogens (tertiary/aromatic N) is 5. The molecule has 5 rings (SSSR count). The number of thiophene rings is 1. The second-order valence-corrected chi connectivity index (χ2v) is 10.3. The van der Waals surface area contributed by atoms with E-state index in [0.29, 0.717) is 21.7 Å². The minimum Gasteiger partial charge on any atom is -0.356 e. The van der Waals surface area contributed by atoms with E-state index in [9.17, 15) is 13.2 Å². The van der Waals surface area contributed by atoms with Crippen LogP contribution in [0.3, 0.4) is 0 Å². The van der Waals surface area contributed by atoms with Crippen molar-refractivity contribution in [2.75, 3.05) is 24.5 Å². The molecule has 0 aliphatic carbocycles. The van der Waals surface area contributed by atoms with Crippen LogP contribution in [-0.2, 0) is 13.0 Å². The van der Waals surface area contributed by atoms with Crippen molar-refractivity contribution in [1.29, 1.82) is 0 Å². The molecule has 5 heterocycles. The molecule has 2 fully saturated rings. The van der Waals surface area contributed by atoms with Gasteiger partial charge < -0.3 is 4.90 Å². The number of halogens is 3. The van der Waals surface area contributed by atoms with Gasteiger partial charge in [0.25, 0.3) is 0 Å². The van der Waals surface area contributed by atoms with Crippen LogP contribution in [0.5, 0.6) is 0 Å². The van der Waals surface area contributed by atoms with Crippen LogP contribution in [0.1, 0.15) is 28.4 Å². The standard InChI is InChI=1S/C20H22F3N5S2/c1-12-26-14(10-29-12)9-27-4-2-13-8-28(5-3-17(13)27)18-16-6-15(7-20(21,22)23)30-19(16)25-11-24-18/h6,10-11,13,17H,2-5,7-9H2,1H3/t13-,17?/m0/s1. The minimum absolute atomic E-state index is 0.291. The van der Waals surface area contributed by atoms with E-state index in [1.807, 2.05) is 6.92 Å². The Morgan fingerprint density at radius 3 is 2.83 bits per heavy atom. The highest BCUT2D eigenvalue weighted by atomic mass is 32.1. The van der Waals surface area contributed by atoms with Crippen LogP contribution in [0.15, 0.2) is 17.8 Å². The Bertz CT molecular complexity index is 1050. The van der Waals surface area contributed by atoms with Gasteiger partial charge in [0.2, 0.25) is 0 Å². The Morgan fingerprint density at radius 2 is 2.07 bits per heavy atom. The Hall–Kier alpha value is -1.78. The molecule has 0 amide bonds. The summed E-state index contributed by atoms with van der Waals surface area (Å²) >= 11 is 2.80. The summed E-state index contributed by atoms with van der Waals surface area (Å²) in [5.41, 5.74) is 1.15. The average molecular weight is 454 g/mol. The van der Waals surface area contributed by atoms with Crippen molar-refractivity contribution >= 4 is 38.7 Å². The van der Waals surface area contributed by atoms with Crippen molar-refractivity contribution in [3.05, 3.63) is 33.4 Å². The molecular weight excluding hydrogens is 431 g/mol. The van der Waals surface area contributed by atoms with Crippen molar-refractivity contribution in [1.82, 2.24) is 19.9 Å². The fourth-order valence-electron chi connectivity index (χ4n) is 4.79. The van der Waals surface area contributed by atoms with Crippen LogP contribution >= 0.6 is 22.7 Å². The third kappa shape index (κ3) is 4.04. The van der Waals surface area contributed by atoms with Crippen molar-refractivity contribution < 1.29 is 13.2 Å². The predicted octanol–water partition coefficient (Wildman–Crippen LogP) is 4.66. The summed E-state index contributed by atoms with van der Waals surface area (Å²) in [4.78, 5) is 19.0. The molecule has 0 radical (unpaired) electrons. The number of aryl methyl sites for hydroxylation is 1. The number of alkyl halides is 3. The van der Waals surface area contributed by atoms with Gasteiger partial charge in [-0.05, 0) is 38.3 Å². The topological polar surface area (TPSA) is 45.2 Å². The second-order valence-electron chi connectivity index (χ2n) is 8.10. The number of thiazole rings is 1. The maximum Gasteiger partial charge on any atom is 0.393 e. The fourth-order valence-corrected chi connectivity index (χ4v) is 6.41. The third-order valence-electron chi connectivity index (χ3n) is 6.02. The van der Waals surface area contributed by atoms with Crippen LogP contribution in [-0.4, -0.2) is 51.7 Å². The number of hydrogen-bond donors (Lipinski definition) is 0. The number of likely N-dealkylation sites (tertiary alicyclic amines) is 1. The highest BCUT2D eigenvalue weighted by Crippen LogP contribution is 2.38. The zero-order valence-electron chi connectivity index (χ0n) is 16.5. The SMILES string of the molecule is Cc1nc(CN2CC[C@H]3CN(c4ncnc5sc(CC(F)(F)F)cc45)CCC32)cs1. The summed E-state index contributed by atoms with van der Waals surface area (Å²) in [6.45, 7) is 5.73. The first-order valence-corrected chi connectivity index (χ1v) is 11.8. The quantitative estimate of drug-likeness (QED) is 0.575. The zero-order chi connectivity index (χ0) is 20.9. The van der Waals surface area contributed by atoms with Gasteiger partial charge in [0.15, 0.2) is 0 Å². The molecule has 0 spiro atoms. The Morgan fingerprint density at radius 1 is 1.20 bits per heavy atom. The van der Waals surface area contributed by atoms with E-state index in [0.717, 1.165) is 72.3 Å². The molecule has 2 aliphatic rings. The Kier molecular flexibility index (Phi) is 5.19. The third-order valence-corrected chi connectivity index (χ3v) is 7.88. The lowest BCUT2D eigenvalue weighted by molar-refractivity contribution is -0.126. The van der Waals surface area contributed by atoms with Gasteiger partial charge in [-0.15, -0.1) is 22.7 Å². The summed E-state index contributed by atoms with van der Waals surface area (Å²) in [7, 11) is 0. The van der Waals surface area contributed by atoms with E-state index < -0.39 is 12.6 Å². The molecule has 0 saturated carbocycles. The van der Waals surface area contributed by atoms with Gasteiger partial charge in [-0.3, -0.25) is 4.90 Å². The van der Waals surface area contributed by atoms with Crippen molar-refractivity contribution in [3.8, 4) is 0 Å². The van der Waals surface area contributed by atoms with Gasteiger partial charge >= 0.3 is 6.18 Å². The summed E-state index contributed by atoms with van der Waals surface area (Å²) in [5, 5.41) is 3.99. The van der Waals surface area contributed by atoms with Gasteiger partial charge in [0.1, 0.15) is 17.0 Å². The molecule has 160 valence electrons. The second kappa shape index (κ2) is 7.72. The van der Waals surface area contributed by atoms with Crippen LogP contribution in [0.4, 0.5) is 19.0 Å². The summed E-state index contributed by atoms with van der Waals surface area (Å²) in [6.07, 6.45) is -1.50. The lowest BCUT2D eigenvalue weighted by Gasteiger charge is -2.38. The van der Waals surface area contributed by atoms with Crippen LogP contribution < -0.4 is 4.90 Å². The minimum atomic E-state index is -4.21. The maximum atomic E-state index is 12.8. The van der Waals surface area contributed by atoms with Crippen LogP contribution in [0.25, 0.3) is 10.2 Å².